The molecule has 8 nitrogen and oxygen atoms in total. The van der Waals surface area contributed by atoms with Crippen LogP contribution in [0.1, 0.15) is 57.6 Å². The summed E-state index contributed by atoms with van der Waals surface area (Å²) in [6.07, 6.45) is 2.57. The Labute approximate surface area is 203 Å². The molecule has 0 aliphatic carbocycles. The SMILES string of the molecule is Cc1ccc(N(C)C)c(CCCC(=O)NCc2scc3c2CN(C2CCC(=O)NC2=O)C3=O)c1. The van der Waals surface area contributed by atoms with E-state index in [4.69, 9.17) is 0 Å². The number of rotatable bonds is 8. The largest absolute Gasteiger partial charge is 0.377 e. The number of fused-ring (bicyclic) bond motifs is 1. The van der Waals surface area contributed by atoms with Gasteiger partial charge in [-0.25, -0.2) is 0 Å². The third kappa shape index (κ3) is 4.99. The lowest BCUT2D eigenvalue weighted by Crippen LogP contribution is -2.52. The summed E-state index contributed by atoms with van der Waals surface area (Å²) >= 11 is 1.45. The first-order valence-corrected chi connectivity index (χ1v) is 12.4. The fourth-order valence-electron chi connectivity index (χ4n) is 4.61. The standard InChI is InChI=1S/C25H30N4O4S/c1-15-7-8-19(28(2)3)16(11-15)5-4-6-22(30)26-12-21-17-13-29(25(33)18(17)14-34-21)20-9-10-23(31)27-24(20)32/h7-8,11,14,20H,4-6,9-10,12-13H2,1-3H3,(H,26,30)(H,27,31,32). The molecule has 2 aliphatic rings. The van der Waals surface area contributed by atoms with Crippen LogP contribution in [0.5, 0.6) is 0 Å². The van der Waals surface area contributed by atoms with E-state index in [0.717, 1.165) is 23.3 Å². The van der Waals surface area contributed by atoms with Crippen molar-refractivity contribution in [2.45, 2.75) is 58.2 Å². The van der Waals surface area contributed by atoms with Gasteiger partial charge in [-0.2, -0.15) is 0 Å². The van der Waals surface area contributed by atoms with Crippen molar-refractivity contribution in [2.24, 2.45) is 0 Å². The van der Waals surface area contributed by atoms with Crippen molar-refractivity contribution >= 4 is 40.7 Å². The Bertz CT molecular complexity index is 1140. The van der Waals surface area contributed by atoms with E-state index < -0.39 is 11.9 Å². The van der Waals surface area contributed by atoms with Crippen molar-refractivity contribution in [2.75, 3.05) is 19.0 Å². The highest BCUT2D eigenvalue weighted by Crippen LogP contribution is 2.33. The van der Waals surface area contributed by atoms with Gasteiger partial charge in [0.25, 0.3) is 5.91 Å². The summed E-state index contributed by atoms with van der Waals surface area (Å²) in [5.74, 6) is -0.925. The fourth-order valence-corrected chi connectivity index (χ4v) is 5.58. The molecule has 1 atom stereocenters. The highest BCUT2D eigenvalue weighted by molar-refractivity contribution is 7.10. The Morgan fingerprint density at radius 3 is 2.79 bits per heavy atom. The molecule has 9 heteroatoms. The molecule has 34 heavy (non-hydrogen) atoms. The van der Waals surface area contributed by atoms with E-state index in [0.29, 0.717) is 31.5 Å². The van der Waals surface area contributed by atoms with Gasteiger partial charge in [0.1, 0.15) is 6.04 Å². The Morgan fingerprint density at radius 1 is 1.26 bits per heavy atom. The monoisotopic (exact) mass is 482 g/mol. The first-order chi connectivity index (χ1) is 16.2. The number of nitrogens with zero attached hydrogens (tertiary/aromatic N) is 2. The van der Waals surface area contributed by atoms with Crippen LogP contribution < -0.4 is 15.5 Å². The lowest BCUT2D eigenvalue weighted by Gasteiger charge is -2.29. The number of anilines is 1. The maximum Gasteiger partial charge on any atom is 0.256 e. The molecule has 0 radical (unpaired) electrons. The van der Waals surface area contributed by atoms with Gasteiger partial charge in [-0.15, -0.1) is 11.3 Å². The van der Waals surface area contributed by atoms with E-state index in [1.807, 2.05) is 14.1 Å². The molecular weight excluding hydrogens is 452 g/mol. The lowest BCUT2D eigenvalue weighted by atomic mass is 10.0. The van der Waals surface area contributed by atoms with Crippen LogP contribution >= 0.6 is 11.3 Å². The van der Waals surface area contributed by atoms with E-state index in [1.165, 1.54) is 33.1 Å². The van der Waals surface area contributed by atoms with Crippen molar-refractivity contribution in [3.63, 3.8) is 0 Å². The van der Waals surface area contributed by atoms with Crippen molar-refractivity contribution in [1.29, 1.82) is 0 Å². The van der Waals surface area contributed by atoms with Crippen LogP contribution in [0.4, 0.5) is 5.69 Å². The molecule has 0 saturated carbocycles. The van der Waals surface area contributed by atoms with Crippen molar-refractivity contribution in [3.05, 3.63) is 50.7 Å². The average molecular weight is 483 g/mol. The molecule has 1 saturated heterocycles. The number of benzene rings is 1. The zero-order valence-electron chi connectivity index (χ0n) is 19.8. The predicted octanol–water partition coefficient (Wildman–Crippen LogP) is 2.52. The molecular formula is C25H30N4O4S. The Hall–Kier alpha value is -3.20. The fraction of sp³-hybridized carbons (Fsp3) is 0.440. The first kappa shape index (κ1) is 23.9. The molecule has 180 valence electrons. The highest BCUT2D eigenvalue weighted by Gasteiger charge is 2.40. The number of hydrogen-bond donors (Lipinski definition) is 2. The summed E-state index contributed by atoms with van der Waals surface area (Å²) in [5, 5.41) is 7.09. The molecule has 4 rings (SSSR count). The molecule has 1 aromatic heterocycles. The van der Waals surface area contributed by atoms with Crippen LogP contribution in [0.15, 0.2) is 23.6 Å². The Balaban J connectivity index is 1.30. The third-order valence-corrected chi connectivity index (χ3v) is 7.43. The zero-order chi connectivity index (χ0) is 24.4. The number of nitrogens with one attached hydrogen (secondary N) is 2. The van der Waals surface area contributed by atoms with E-state index >= 15 is 0 Å². The number of thiophene rings is 1. The lowest BCUT2D eigenvalue weighted by molar-refractivity contribution is -0.137. The maximum absolute atomic E-state index is 12.8. The number of aryl methyl sites for hydroxylation is 2. The van der Waals surface area contributed by atoms with Crippen molar-refractivity contribution < 1.29 is 19.2 Å². The second kappa shape index (κ2) is 9.97. The smallest absolute Gasteiger partial charge is 0.256 e. The van der Waals surface area contributed by atoms with Crippen LogP contribution in [0, 0.1) is 6.92 Å². The molecule has 1 aromatic carbocycles. The highest BCUT2D eigenvalue weighted by atomic mass is 32.1. The van der Waals surface area contributed by atoms with Crippen molar-refractivity contribution in [3.8, 4) is 0 Å². The predicted molar refractivity (Wildman–Crippen MR) is 131 cm³/mol. The van der Waals surface area contributed by atoms with Gasteiger partial charge >= 0.3 is 0 Å². The van der Waals surface area contributed by atoms with Crippen LogP contribution in [0.2, 0.25) is 0 Å². The van der Waals surface area contributed by atoms with Crippen LogP contribution in [-0.2, 0) is 33.9 Å². The van der Waals surface area contributed by atoms with Gasteiger partial charge in [0, 0.05) is 49.4 Å². The molecule has 0 spiro atoms. The number of hydrogen-bond acceptors (Lipinski definition) is 6. The summed E-state index contributed by atoms with van der Waals surface area (Å²) in [6.45, 7) is 2.76. The van der Waals surface area contributed by atoms with Crippen LogP contribution in [0.3, 0.4) is 0 Å². The Morgan fingerprint density at radius 2 is 2.06 bits per heavy atom. The van der Waals surface area contributed by atoms with Gasteiger partial charge < -0.3 is 15.1 Å². The minimum absolute atomic E-state index is 0.0208. The third-order valence-electron chi connectivity index (χ3n) is 6.40. The summed E-state index contributed by atoms with van der Waals surface area (Å²) in [6, 6.07) is 5.75. The van der Waals surface area contributed by atoms with Gasteiger partial charge in [0.2, 0.25) is 17.7 Å². The van der Waals surface area contributed by atoms with E-state index in [1.54, 1.807) is 5.38 Å². The maximum atomic E-state index is 12.8. The second-order valence-electron chi connectivity index (χ2n) is 9.11. The number of carbonyl (C=O) groups is 4. The molecule has 3 heterocycles. The molecule has 0 bridgehead atoms. The number of piperidine rings is 1. The van der Waals surface area contributed by atoms with Crippen LogP contribution in [-0.4, -0.2) is 48.7 Å². The molecule has 1 unspecified atom stereocenters. The minimum Gasteiger partial charge on any atom is -0.377 e. The molecule has 2 aromatic rings. The van der Waals surface area contributed by atoms with E-state index in [-0.39, 0.29) is 24.1 Å². The summed E-state index contributed by atoms with van der Waals surface area (Å²) < 4.78 is 0. The summed E-state index contributed by atoms with van der Waals surface area (Å²) in [5.41, 5.74) is 5.08. The molecule has 4 amide bonds. The van der Waals surface area contributed by atoms with Gasteiger partial charge in [-0.05, 0) is 43.4 Å². The second-order valence-corrected chi connectivity index (χ2v) is 10.1. The molecule has 2 aliphatic heterocycles. The van der Waals surface area contributed by atoms with Gasteiger partial charge in [0.15, 0.2) is 0 Å². The van der Waals surface area contributed by atoms with E-state index in [9.17, 15) is 19.2 Å². The molecule has 1 fully saturated rings. The number of imide groups is 1. The van der Waals surface area contributed by atoms with Crippen molar-refractivity contribution in [1.82, 2.24) is 15.5 Å². The normalized spacial score (nSPS) is 17.6. The number of amides is 4. The minimum atomic E-state index is -0.626. The topological polar surface area (TPSA) is 98.8 Å². The summed E-state index contributed by atoms with van der Waals surface area (Å²) in [7, 11) is 4.04. The molecule has 2 N–H and O–H groups in total. The van der Waals surface area contributed by atoms with E-state index in [2.05, 4.69) is 40.7 Å². The Kier molecular flexibility index (Phi) is 7.02. The van der Waals surface area contributed by atoms with Gasteiger partial charge in [0.05, 0.1) is 12.1 Å². The zero-order valence-corrected chi connectivity index (χ0v) is 20.6. The van der Waals surface area contributed by atoms with Gasteiger partial charge in [-0.3, -0.25) is 24.5 Å². The average Bonchev–Trinajstić information content (AvgIpc) is 3.32. The van der Waals surface area contributed by atoms with Crippen LogP contribution in [0.25, 0.3) is 0 Å². The number of carbonyl (C=O) groups excluding carboxylic acids is 4. The summed E-state index contributed by atoms with van der Waals surface area (Å²) in [4.78, 5) is 53.5. The quantitative estimate of drug-likeness (QED) is 0.564. The van der Waals surface area contributed by atoms with Gasteiger partial charge in [-0.1, -0.05) is 17.7 Å². The first-order valence-electron chi connectivity index (χ1n) is 11.5.